The summed E-state index contributed by atoms with van der Waals surface area (Å²) in [5.74, 6) is 0.938. The molecule has 0 atom stereocenters. The summed E-state index contributed by atoms with van der Waals surface area (Å²) in [6.45, 7) is 8.71. The van der Waals surface area contributed by atoms with E-state index in [1.807, 2.05) is 0 Å². The number of ether oxygens (including phenoxy) is 2. The predicted octanol–water partition coefficient (Wildman–Crippen LogP) is 3.06. The van der Waals surface area contributed by atoms with Crippen LogP contribution in [0, 0.1) is 6.92 Å². The zero-order chi connectivity index (χ0) is 16.9. The van der Waals surface area contributed by atoms with Crippen molar-refractivity contribution in [3.8, 4) is 0 Å². The summed E-state index contributed by atoms with van der Waals surface area (Å²) in [6, 6.07) is 8.46. The average molecular weight is 449 g/mol. The molecule has 0 bridgehead atoms. The minimum Gasteiger partial charge on any atom is -0.382 e. The Balaban J connectivity index is 0.00000529. The molecule has 0 spiro atoms. The van der Waals surface area contributed by atoms with Gasteiger partial charge in [0, 0.05) is 40.4 Å². The summed E-state index contributed by atoms with van der Waals surface area (Å²) < 4.78 is 10.4. The Morgan fingerprint density at radius 3 is 2.62 bits per heavy atom. The van der Waals surface area contributed by atoms with Gasteiger partial charge in [-0.05, 0) is 31.4 Å². The van der Waals surface area contributed by atoms with Crippen LogP contribution in [-0.4, -0.2) is 57.9 Å². The van der Waals surface area contributed by atoms with Crippen molar-refractivity contribution in [2.45, 2.75) is 26.8 Å². The maximum Gasteiger partial charge on any atom is 0.193 e. The molecule has 138 valence electrons. The van der Waals surface area contributed by atoms with E-state index in [0.29, 0.717) is 19.8 Å². The van der Waals surface area contributed by atoms with E-state index in [-0.39, 0.29) is 24.0 Å². The molecular formula is C18H32IN3O2. The van der Waals surface area contributed by atoms with Crippen LogP contribution in [0.15, 0.2) is 29.3 Å². The van der Waals surface area contributed by atoms with Crippen LogP contribution in [0.25, 0.3) is 0 Å². The Morgan fingerprint density at radius 2 is 1.96 bits per heavy atom. The van der Waals surface area contributed by atoms with Gasteiger partial charge in [0.15, 0.2) is 5.96 Å². The maximum absolute atomic E-state index is 5.46. The molecule has 1 aromatic rings. The van der Waals surface area contributed by atoms with Crippen molar-refractivity contribution in [2.24, 2.45) is 4.99 Å². The van der Waals surface area contributed by atoms with Gasteiger partial charge in [0.1, 0.15) is 0 Å². The zero-order valence-corrected chi connectivity index (χ0v) is 17.7. The summed E-state index contributed by atoms with van der Waals surface area (Å²) in [7, 11) is 3.75. The van der Waals surface area contributed by atoms with E-state index in [4.69, 9.17) is 9.47 Å². The SMILES string of the molecule is CCNC(=NCCCOCCOC)N(C)Cc1ccccc1C.I. The Bertz CT molecular complexity index is 469. The van der Waals surface area contributed by atoms with Crippen molar-refractivity contribution in [2.75, 3.05) is 47.1 Å². The highest BCUT2D eigenvalue weighted by Gasteiger charge is 2.07. The summed E-state index contributed by atoms with van der Waals surface area (Å²) in [4.78, 5) is 6.84. The fraction of sp³-hybridized carbons (Fsp3) is 0.611. The van der Waals surface area contributed by atoms with Crippen molar-refractivity contribution >= 4 is 29.9 Å². The van der Waals surface area contributed by atoms with E-state index < -0.39 is 0 Å². The molecule has 0 aliphatic heterocycles. The van der Waals surface area contributed by atoms with Gasteiger partial charge in [-0.2, -0.15) is 0 Å². The van der Waals surface area contributed by atoms with Crippen LogP contribution in [0.2, 0.25) is 0 Å². The number of nitrogens with zero attached hydrogens (tertiary/aromatic N) is 2. The maximum atomic E-state index is 5.46. The standard InChI is InChI=1S/C18H31N3O2.HI/c1-5-19-18(20-11-8-12-23-14-13-22-4)21(3)15-17-10-7-6-9-16(17)2;/h6-7,9-10H,5,8,11-15H2,1-4H3,(H,19,20);1H. The van der Waals surface area contributed by atoms with Crippen molar-refractivity contribution in [1.29, 1.82) is 0 Å². The van der Waals surface area contributed by atoms with Crippen LogP contribution in [0.1, 0.15) is 24.5 Å². The number of benzene rings is 1. The summed E-state index contributed by atoms with van der Waals surface area (Å²) >= 11 is 0. The zero-order valence-electron chi connectivity index (χ0n) is 15.4. The van der Waals surface area contributed by atoms with E-state index in [0.717, 1.165) is 32.0 Å². The van der Waals surface area contributed by atoms with Gasteiger partial charge in [-0.3, -0.25) is 4.99 Å². The van der Waals surface area contributed by atoms with Gasteiger partial charge in [0.2, 0.25) is 0 Å². The second-order valence-electron chi connectivity index (χ2n) is 5.48. The number of hydrogen-bond acceptors (Lipinski definition) is 3. The Labute approximate surface area is 163 Å². The van der Waals surface area contributed by atoms with Gasteiger partial charge >= 0.3 is 0 Å². The van der Waals surface area contributed by atoms with Crippen molar-refractivity contribution < 1.29 is 9.47 Å². The predicted molar refractivity (Wildman–Crippen MR) is 111 cm³/mol. The van der Waals surface area contributed by atoms with Crippen molar-refractivity contribution in [1.82, 2.24) is 10.2 Å². The first kappa shape index (κ1) is 23.1. The summed E-state index contributed by atoms with van der Waals surface area (Å²) in [5.41, 5.74) is 2.63. The lowest BCUT2D eigenvalue weighted by Gasteiger charge is -2.23. The molecule has 0 saturated carbocycles. The van der Waals surface area contributed by atoms with E-state index >= 15 is 0 Å². The molecule has 1 aromatic carbocycles. The van der Waals surface area contributed by atoms with Crippen molar-refractivity contribution in [3.05, 3.63) is 35.4 Å². The van der Waals surface area contributed by atoms with Crippen LogP contribution in [0.3, 0.4) is 0 Å². The average Bonchev–Trinajstić information content (AvgIpc) is 2.55. The highest BCUT2D eigenvalue weighted by atomic mass is 127. The molecule has 1 N–H and O–H groups in total. The lowest BCUT2D eigenvalue weighted by atomic mass is 10.1. The minimum absolute atomic E-state index is 0. The lowest BCUT2D eigenvalue weighted by molar-refractivity contribution is 0.0702. The molecule has 0 aromatic heterocycles. The second-order valence-corrected chi connectivity index (χ2v) is 5.48. The molecule has 1 rings (SSSR count). The van der Waals surface area contributed by atoms with Gasteiger partial charge in [-0.25, -0.2) is 0 Å². The fourth-order valence-electron chi connectivity index (χ4n) is 2.18. The number of guanidine groups is 1. The van der Waals surface area contributed by atoms with E-state index in [2.05, 4.69) is 60.4 Å². The molecule has 0 fully saturated rings. The molecule has 0 radical (unpaired) electrons. The van der Waals surface area contributed by atoms with Crippen LogP contribution < -0.4 is 5.32 Å². The van der Waals surface area contributed by atoms with Gasteiger partial charge in [0.05, 0.1) is 13.2 Å². The third-order valence-electron chi connectivity index (χ3n) is 3.51. The highest BCUT2D eigenvalue weighted by molar-refractivity contribution is 14.0. The molecule has 0 amide bonds. The second kappa shape index (κ2) is 14.5. The van der Waals surface area contributed by atoms with Gasteiger partial charge in [-0.1, -0.05) is 24.3 Å². The van der Waals surface area contributed by atoms with Gasteiger partial charge < -0.3 is 19.7 Å². The van der Waals surface area contributed by atoms with Gasteiger partial charge in [-0.15, -0.1) is 24.0 Å². The van der Waals surface area contributed by atoms with Crippen LogP contribution in [-0.2, 0) is 16.0 Å². The molecule has 0 aliphatic carbocycles. The van der Waals surface area contributed by atoms with E-state index in [1.54, 1.807) is 7.11 Å². The molecule has 24 heavy (non-hydrogen) atoms. The fourth-order valence-corrected chi connectivity index (χ4v) is 2.18. The number of hydrogen-bond donors (Lipinski definition) is 1. The first-order valence-electron chi connectivity index (χ1n) is 8.29. The first-order valence-corrected chi connectivity index (χ1v) is 8.29. The highest BCUT2D eigenvalue weighted by Crippen LogP contribution is 2.09. The molecule has 6 heteroatoms. The van der Waals surface area contributed by atoms with Gasteiger partial charge in [0.25, 0.3) is 0 Å². The van der Waals surface area contributed by atoms with Crippen LogP contribution in [0.4, 0.5) is 0 Å². The number of aryl methyl sites for hydroxylation is 1. The number of aliphatic imine (C=N–C) groups is 1. The van der Waals surface area contributed by atoms with E-state index in [9.17, 15) is 0 Å². The molecular weight excluding hydrogens is 417 g/mol. The third-order valence-corrected chi connectivity index (χ3v) is 3.51. The molecule has 0 aliphatic rings. The van der Waals surface area contributed by atoms with E-state index in [1.165, 1.54) is 11.1 Å². The largest absolute Gasteiger partial charge is 0.382 e. The Hall–Kier alpha value is -0.860. The number of methoxy groups -OCH3 is 1. The topological polar surface area (TPSA) is 46.1 Å². The lowest BCUT2D eigenvalue weighted by Crippen LogP contribution is -2.38. The molecule has 0 saturated heterocycles. The quantitative estimate of drug-likeness (QED) is 0.258. The summed E-state index contributed by atoms with van der Waals surface area (Å²) in [6.07, 6.45) is 0.914. The summed E-state index contributed by atoms with van der Waals surface area (Å²) in [5, 5.41) is 3.35. The first-order chi connectivity index (χ1) is 11.2. The Morgan fingerprint density at radius 1 is 1.21 bits per heavy atom. The number of nitrogens with one attached hydrogen (secondary N) is 1. The Kier molecular flexibility index (Phi) is 14.0. The number of halogens is 1. The van der Waals surface area contributed by atoms with Crippen molar-refractivity contribution in [3.63, 3.8) is 0 Å². The third kappa shape index (κ3) is 9.44. The normalized spacial score (nSPS) is 11.1. The smallest absolute Gasteiger partial charge is 0.193 e. The molecule has 5 nitrogen and oxygen atoms in total. The van der Waals surface area contributed by atoms with Crippen LogP contribution in [0.5, 0.6) is 0 Å². The molecule has 0 unspecified atom stereocenters. The monoisotopic (exact) mass is 449 g/mol. The minimum atomic E-state index is 0. The number of rotatable bonds is 10. The van der Waals surface area contributed by atoms with Crippen LogP contribution >= 0.6 is 24.0 Å². The molecule has 0 heterocycles.